The van der Waals surface area contributed by atoms with Crippen LogP contribution in [0.4, 0.5) is 0 Å². The maximum atomic E-state index is 10.4. The standard InChI is InChI=1S/C16H18O3P2/c1-13-7-9-15(10-8-13)20(17)12-21-18-11-14-5-3-2-4-6-16(14)19-21/h3-10,17H,2,11-12H2,1H3. The maximum Gasteiger partial charge on any atom is 0.237 e. The van der Waals surface area contributed by atoms with Crippen molar-refractivity contribution in [3.05, 3.63) is 65.5 Å². The third-order valence-corrected chi connectivity index (χ3v) is 7.03. The minimum absolute atomic E-state index is 0.558. The van der Waals surface area contributed by atoms with Crippen molar-refractivity contribution in [3.8, 4) is 0 Å². The van der Waals surface area contributed by atoms with Gasteiger partial charge in [0.15, 0.2) is 0 Å². The van der Waals surface area contributed by atoms with E-state index < -0.39 is 16.5 Å². The Balaban J connectivity index is 1.65. The minimum Gasteiger partial charge on any atom is -0.446 e. The molecule has 3 nitrogen and oxygen atoms in total. The van der Waals surface area contributed by atoms with Crippen LogP contribution in [0.3, 0.4) is 0 Å². The highest BCUT2D eigenvalue weighted by Crippen LogP contribution is 2.53. The van der Waals surface area contributed by atoms with Crippen LogP contribution in [0.1, 0.15) is 12.0 Å². The molecule has 1 aromatic carbocycles. The van der Waals surface area contributed by atoms with Crippen LogP contribution >= 0.6 is 16.5 Å². The molecule has 1 aliphatic carbocycles. The van der Waals surface area contributed by atoms with Crippen LogP contribution in [0.15, 0.2) is 59.9 Å². The Morgan fingerprint density at radius 3 is 2.76 bits per heavy atom. The SMILES string of the molecule is Cc1ccc(P(O)CP2OCC3=C(C=CCC=C3)O2)cc1. The summed E-state index contributed by atoms with van der Waals surface area (Å²) in [6.45, 7) is 2.61. The van der Waals surface area contributed by atoms with Crippen LogP contribution in [0.25, 0.3) is 0 Å². The average Bonchev–Trinajstić information content (AvgIpc) is 2.72. The first-order chi connectivity index (χ1) is 10.2. The van der Waals surface area contributed by atoms with E-state index in [9.17, 15) is 4.89 Å². The largest absolute Gasteiger partial charge is 0.446 e. The van der Waals surface area contributed by atoms with Gasteiger partial charge in [0.05, 0.1) is 20.7 Å². The fourth-order valence-corrected chi connectivity index (χ4v) is 5.43. The van der Waals surface area contributed by atoms with E-state index in [4.69, 9.17) is 9.05 Å². The zero-order chi connectivity index (χ0) is 14.7. The van der Waals surface area contributed by atoms with Crippen LogP contribution in [0.5, 0.6) is 0 Å². The molecule has 0 aromatic heterocycles. The van der Waals surface area contributed by atoms with Crippen molar-refractivity contribution in [2.75, 3.05) is 12.5 Å². The lowest BCUT2D eigenvalue weighted by Crippen LogP contribution is -2.09. The summed E-state index contributed by atoms with van der Waals surface area (Å²) >= 11 is 0. The van der Waals surface area contributed by atoms with Gasteiger partial charge in [-0.1, -0.05) is 48.1 Å². The third-order valence-electron chi connectivity index (χ3n) is 3.32. The van der Waals surface area contributed by atoms with Crippen molar-refractivity contribution in [2.24, 2.45) is 0 Å². The average molecular weight is 320 g/mol. The summed E-state index contributed by atoms with van der Waals surface area (Å²) in [5.74, 6) is 1.45. The molecule has 1 N–H and O–H groups in total. The Kier molecular flexibility index (Phi) is 4.87. The molecule has 1 aromatic rings. The Hall–Kier alpha value is -0.980. The van der Waals surface area contributed by atoms with Crippen LogP contribution in [-0.2, 0) is 9.05 Å². The van der Waals surface area contributed by atoms with Crippen LogP contribution < -0.4 is 5.30 Å². The number of benzene rings is 1. The molecule has 2 aliphatic rings. The van der Waals surface area contributed by atoms with Gasteiger partial charge in [-0.25, -0.2) is 0 Å². The van der Waals surface area contributed by atoms with E-state index >= 15 is 0 Å². The summed E-state index contributed by atoms with van der Waals surface area (Å²) in [5, 5.41) is 0.974. The molecule has 0 saturated carbocycles. The summed E-state index contributed by atoms with van der Waals surface area (Å²) in [6, 6.07) is 8.02. The molecule has 0 saturated heterocycles. The molecule has 1 aliphatic heterocycles. The van der Waals surface area contributed by atoms with Gasteiger partial charge in [-0.3, -0.25) is 0 Å². The van der Waals surface area contributed by atoms with Crippen molar-refractivity contribution < 1.29 is 13.9 Å². The molecule has 1 heterocycles. The molecule has 0 amide bonds. The molecular formula is C16H18O3P2. The maximum absolute atomic E-state index is 10.4. The Morgan fingerprint density at radius 2 is 1.95 bits per heavy atom. The minimum atomic E-state index is -1.23. The van der Waals surface area contributed by atoms with Gasteiger partial charge in [0.25, 0.3) is 0 Å². The van der Waals surface area contributed by atoms with Gasteiger partial charge in [0.2, 0.25) is 8.38 Å². The molecule has 2 unspecified atom stereocenters. The second kappa shape index (κ2) is 6.85. The fourth-order valence-electron chi connectivity index (χ4n) is 2.12. The zero-order valence-electron chi connectivity index (χ0n) is 11.9. The van der Waals surface area contributed by atoms with Gasteiger partial charge in [-0.2, -0.15) is 0 Å². The fraction of sp³-hybridized carbons (Fsp3) is 0.250. The molecular weight excluding hydrogens is 302 g/mol. The Labute approximate surface area is 127 Å². The Morgan fingerprint density at radius 1 is 1.19 bits per heavy atom. The summed E-state index contributed by atoms with van der Waals surface area (Å²) in [6.07, 6.45) is 9.18. The summed E-state index contributed by atoms with van der Waals surface area (Å²) in [4.78, 5) is 10.4. The number of rotatable bonds is 3. The van der Waals surface area contributed by atoms with Crippen molar-refractivity contribution in [1.82, 2.24) is 0 Å². The number of aryl methyl sites for hydroxylation is 1. The van der Waals surface area contributed by atoms with Gasteiger partial charge in [-0.15, -0.1) is 0 Å². The summed E-state index contributed by atoms with van der Waals surface area (Å²) < 4.78 is 11.7. The quantitative estimate of drug-likeness (QED) is 0.852. The zero-order valence-corrected chi connectivity index (χ0v) is 13.7. The van der Waals surface area contributed by atoms with E-state index in [0.717, 1.165) is 23.1 Å². The highest BCUT2D eigenvalue weighted by molar-refractivity contribution is 7.71. The second-order valence-corrected chi connectivity index (χ2v) is 8.56. The molecule has 0 radical (unpaired) electrons. The molecule has 0 spiro atoms. The first-order valence-corrected chi connectivity index (χ1v) is 9.74. The highest BCUT2D eigenvalue weighted by atomic mass is 31.2. The Bertz CT molecular complexity index is 590. The monoisotopic (exact) mass is 320 g/mol. The highest BCUT2D eigenvalue weighted by Gasteiger charge is 2.25. The van der Waals surface area contributed by atoms with E-state index in [1.165, 1.54) is 5.56 Å². The number of hydrogen-bond acceptors (Lipinski definition) is 3. The van der Waals surface area contributed by atoms with E-state index in [2.05, 4.69) is 18.2 Å². The van der Waals surface area contributed by atoms with Crippen LogP contribution in [-0.4, -0.2) is 17.4 Å². The van der Waals surface area contributed by atoms with Crippen LogP contribution in [0.2, 0.25) is 0 Å². The van der Waals surface area contributed by atoms with E-state index in [1.807, 2.05) is 37.3 Å². The van der Waals surface area contributed by atoms with Gasteiger partial charge in [0, 0.05) is 10.9 Å². The lowest BCUT2D eigenvalue weighted by atomic mass is 10.2. The topological polar surface area (TPSA) is 38.7 Å². The van der Waals surface area contributed by atoms with Crippen molar-refractivity contribution in [3.63, 3.8) is 0 Å². The summed E-state index contributed by atoms with van der Waals surface area (Å²) in [7, 11) is -2.29. The molecule has 0 fully saturated rings. The van der Waals surface area contributed by atoms with Crippen molar-refractivity contribution in [2.45, 2.75) is 13.3 Å². The predicted octanol–water partition coefficient (Wildman–Crippen LogP) is 4.10. The third kappa shape index (κ3) is 3.81. The molecule has 21 heavy (non-hydrogen) atoms. The molecule has 110 valence electrons. The van der Waals surface area contributed by atoms with E-state index in [1.54, 1.807) is 0 Å². The predicted molar refractivity (Wildman–Crippen MR) is 88.7 cm³/mol. The van der Waals surface area contributed by atoms with Gasteiger partial charge >= 0.3 is 0 Å². The van der Waals surface area contributed by atoms with Crippen molar-refractivity contribution in [1.29, 1.82) is 0 Å². The smallest absolute Gasteiger partial charge is 0.237 e. The van der Waals surface area contributed by atoms with Gasteiger partial charge in [-0.05, 0) is 19.4 Å². The summed E-state index contributed by atoms with van der Waals surface area (Å²) in [5.41, 5.74) is 2.28. The first-order valence-electron chi connectivity index (χ1n) is 6.90. The number of hydrogen-bond donors (Lipinski definition) is 1. The lowest BCUT2D eigenvalue weighted by molar-refractivity contribution is 0.290. The molecule has 5 heteroatoms. The number of allylic oxidation sites excluding steroid dienone is 3. The molecule has 2 atom stereocenters. The molecule has 0 bridgehead atoms. The van der Waals surface area contributed by atoms with Gasteiger partial charge in [0.1, 0.15) is 5.76 Å². The normalized spacial score (nSPS) is 22.5. The van der Waals surface area contributed by atoms with E-state index in [-0.39, 0.29) is 0 Å². The van der Waals surface area contributed by atoms with E-state index in [0.29, 0.717) is 12.5 Å². The van der Waals surface area contributed by atoms with Crippen molar-refractivity contribution >= 4 is 21.8 Å². The first kappa shape index (κ1) is 14.9. The lowest BCUT2D eigenvalue weighted by Gasteiger charge is -2.26. The second-order valence-electron chi connectivity index (χ2n) is 5.00. The molecule has 3 rings (SSSR count). The van der Waals surface area contributed by atoms with Crippen LogP contribution in [0, 0.1) is 6.92 Å². The van der Waals surface area contributed by atoms with Gasteiger partial charge < -0.3 is 13.9 Å².